The standard InChI is InChI=1S/C20H21N5O2/c1-25(11-8-15-6-9-21-10-7-15)20(26)18-13-19(23-14-22-18)24-16-4-3-5-17(12-16)27-2/h3-7,9-10,12-14H,8,11H2,1-2H3,(H,22,23,24). The van der Waals surface area contributed by atoms with E-state index in [1.54, 1.807) is 37.5 Å². The molecule has 0 atom stereocenters. The molecule has 0 saturated carbocycles. The van der Waals surface area contributed by atoms with E-state index in [0.29, 0.717) is 18.1 Å². The van der Waals surface area contributed by atoms with Gasteiger partial charge in [0.05, 0.1) is 7.11 Å². The molecule has 0 aliphatic carbocycles. The average molecular weight is 363 g/mol. The van der Waals surface area contributed by atoms with Gasteiger partial charge in [-0.1, -0.05) is 6.07 Å². The van der Waals surface area contributed by atoms with Crippen molar-refractivity contribution in [2.45, 2.75) is 6.42 Å². The van der Waals surface area contributed by atoms with Gasteiger partial charge in [0, 0.05) is 43.8 Å². The lowest BCUT2D eigenvalue weighted by Crippen LogP contribution is -2.29. The van der Waals surface area contributed by atoms with Crippen molar-refractivity contribution in [1.29, 1.82) is 0 Å². The third-order valence-corrected chi connectivity index (χ3v) is 4.06. The molecule has 3 rings (SSSR count). The van der Waals surface area contributed by atoms with Crippen LogP contribution >= 0.6 is 0 Å². The Kier molecular flexibility index (Phi) is 5.94. The Balaban J connectivity index is 1.65. The molecular formula is C20H21N5O2. The fourth-order valence-electron chi connectivity index (χ4n) is 2.53. The number of nitrogens with one attached hydrogen (secondary N) is 1. The molecule has 3 aromatic rings. The van der Waals surface area contributed by atoms with Gasteiger partial charge in [-0.05, 0) is 36.2 Å². The van der Waals surface area contributed by atoms with Crippen LogP contribution in [0.25, 0.3) is 0 Å². The molecule has 7 heteroatoms. The molecule has 0 spiro atoms. The van der Waals surface area contributed by atoms with Crippen molar-refractivity contribution in [2.75, 3.05) is 26.0 Å². The molecule has 0 radical (unpaired) electrons. The maximum Gasteiger partial charge on any atom is 0.272 e. The van der Waals surface area contributed by atoms with Crippen LogP contribution in [0.2, 0.25) is 0 Å². The Bertz CT molecular complexity index is 902. The number of ether oxygens (including phenoxy) is 1. The van der Waals surface area contributed by atoms with Crippen LogP contribution in [0.4, 0.5) is 11.5 Å². The van der Waals surface area contributed by atoms with Gasteiger partial charge in [-0.3, -0.25) is 9.78 Å². The van der Waals surface area contributed by atoms with Gasteiger partial charge < -0.3 is 15.0 Å². The Morgan fingerprint density at radius 3 is 2.74 bits per heavy atom. The normalized spacial score (nSPS) is 10.3. The number of benzene rings is 1. The third kappa shape index (κ3) is 5.01. The average Bonchev–Trinajstić information content (AvgIpc) is 2.72. The lowest BCUT2D eigenvalue weighted by Gasteiger charge is -2.17. The van der Waals surface area contributed by atoms with Crippen molar-refractivity contribution in [1.82, 2.24) is 19.9 Å². The van der Waals surface area contributed by atoms with E-state index in [1.807, 2.05) is 36.4 Å². The number of aromatic nitrogens is 3. The number of pyridine rings is 1. The number of carbonyl (C=O) groups is 1. The number of rotatable bonds is 7. The van der Waals surface area contributed by atoms with Crippen LogP contribution in [0.5, 0.6) is 5.75 Å². The van der Waals surface area contributed by atoms with Gasteiger partial charge in [-0.25, -0.2) is 9.97 Å². The lowest BCUT2D eigenvalue weighted by molar-refractivity contribution is 0.0790. The lowest BCUT2D eigenvalue weighted by atomic mass is 10.2. The summed E-state index contributed by atoms with van der Waals surface area (Å²) in [7, 11) is 3.38. The Morgan fingerprint density at radius 1 is 1.15 bits per heavy atom. The Hall–Kier alpha value is -3.48. The maximum absolute atomic E-state index is 12.6. The van der Waals surface area contributed by atoms with Crippen LogP contribution in [-0.4, -0.2) is 46.5 Å². The Labute approximate surface area is 158 Å². The topological polar surface area (TPSA) is 80.2 Å². The summed E-state index contributed by atoms with van der Waals surface area (Å²) in [6, 6.07) is 13.0. The van der Waals surface area contributed by atoms with Crippen molar-refractivity contribution in [3.63, 3.8) is 0 Å². The Morgan fingerprint density at radius 2 is 1.96 bits per heavy atom. The van der Waals surface area contributed by atoms with Crippen molar-refractivity contribution in [3.05, 3.63) is 72.4 Å². The van der Waals surface area contributed by atoms with E-state index in [0.717, 1.165) is 23.4 Å². The summed E-state index contributed by atoms with van der Waals surface area (Å²) in [5, 5.41) is 3.16. The zero-order valence-electron chi connectivity index (χ0n) is 15.3. The van der Waals surface area contributed by atoms with Gasteiger partial charge in [0.1, 0.15) is 23.6 Å². The number of methoxy groups -OCH3 is 1. The van der Waals surface area contributed by atoms with E-state index in [-0.39, 0.29) is 5.91 Å². The van der Waals surface area contributed by atoms with Gasteiger partial charge in [0.25, 0.3) is 5.91 Å². The molecule has 1 amide bonds. The number of hydrogen-bond acceptors (Lipinski definition) is 6. The van der Waals surface area contributed by atoms with E-state index < -0.39 is 0 Å². The second-order valence-electron chi connectivity index (χ2n) is 5.98. The molecule has 27 heavy (non-hydrogen) atoms. The SMILES string of the molecule is COc1cccc(Nc2cc(C(=O)N(C)CCc3ccncc3)ncn2)c1. The number of anilines is 2. The number of carbonyl (C=O) groups excluding carboxylic acids is 1. The second kappa shape index (κ2) is 8.75. The zero-order valence-corrected chi connectivity index (χ0v) is 15.3. The first-order chi connectivity index (χ1) is 13.2. The van der Waals surface area contributed by atoms with Crippen LogP contribution in [0.3, 0.4) is 0 Å². The molecular weight excluding hydrogens is 342 g/mol. The first-order valence-electron chi connectivity index (χ1n) is 8.53. The minimum Gasteiger partial charge on any atom is -0.497 e. The van der Waals surface area contributed by atoms with Gasteiger partial charge in [-0.15, -0.1) is 0 Å². The zero-order chi connectivity index (χ0) is 19.1. The largest absolute Gasteiger partial charge is 0.497 e. The predicted octanol–water partition coefficient (Wildman–Crippen LogP) is 2.94. The molecule has 1 aromatic carbocycles. The van der Waals surface area contributed by atoms with Gasteiger partial charge in [-0.2, -0.15) is 0 Å². The van der Waals surface area contributed by atoms with E-state index in [1.165, 1.54) is 6.33 Å². The minimum atomic E-state index is -0.153. The summed E-state index contributed by atoms with van der Waals surface area (Å²) >= 11 is 0. The molecule has 2 aromatic heterocycles. The van der Waals surface area contributed by atoms with Gasteiger partial charge >= 0.3 is 0 Å². The summed E-state index contributed by atoms with van der Waals surface area (Å²) in [6.45, 7) is 0.589. The van der Waals surface area contributed by atoms with Gasteiger partial charge in [0.2, 0.25) is 0 Å². The van der Waals surface area contributed by atoms with Gasteiger partial charge in [0.15, 0.2) is 0 Å². The highest BCUT2D eigenvalue weighted by Gasteiger charge is 2.14. The van der Waals surface area contributed by atoms with Crippen LogP contribution in [0.1, 0.15) is 16.1 Å². The summed E-state index contributed by atoms with van der Waals surface area (Å²) in [6.07, 6.45) is 5.63. The smallest absolute Gasteiger partial charge is 0.272 e. The highest BCUT2D eigenvalue weighted by Crippen LogP contribution is 2.20. The quantitative estimate of drug-likeness (QED) is 0.695. The highest BCUT2D eigenvalue weighted by atomic mass is 16.5. The van der Waals surface area contributed by atoms with Crippen molar-refractivity contribution in [3.8, 4) is 5.75 Å². The van der Waals surface area contributed by atoms with Crippen LogP contribution < -0.4 is 10.1 Å². The fourth-order valence-corrected chi connectivity index (χ4v) is 2.53. The highest BCUT2D eigenvalue weighted by molar-refractivity contribution is 5.92. The monoisotopic (exact) mass is 363 g/mol. The number of nitrogens with zero attached hydrogens (tertiary/aromatic N) is 4. The van der Waals surface area contributed by atoms with Crippen molar-refractivity contribution >= 4 is 17.4 Å². The molecule has 0 saturated heterocycles. The van der Waals surface area contributed by atoms with Crippen LogP contribution in [0, 0.1) is 0 Å². The first kappa shape index (κ1) is 18.3. The molecule has 2 heterocycles. The first-order valence-corrected chi connectivity index (χ1v) is 8.53. The molecule has 7 nitrogen and oxygen atoms in total. The number of hydrogen-bond donors (Lipinski definition) is 1. The molecule has 138 valence electrons. The molecule has 1 N–H and O–H groups in total. The third-order valence-electron chi connectivity index (χ3n) is 4.06. The fraction of sp³-hybridized carbons (Fsp3) is 0.200. The summed E-state index contributed by atoms with van der Waals surface area (Å²) < 4.78 is 5.21. The second-order valence-corrected chi connectivity index (χ2v) is 5.98. The summed E-state index contributed by atoms with van der Waals surface area (Å²) in [4.78, 5) is 26.6. The summed E-state index contributed by atoms with van der Waals surface area (Å²) in [5.74, 6) is 1.13. The summed E-state index contributed by atoms with van der Waals surface area (Å²) in [5.41, 5.74) is 2.29. The maximum atomic E-state index is 12.6. The molecule has 0 aliphatic heterocycles. The predicted molar refractivity (Wildman–Crippen MR) is 103 cm³/mol. The van der Waals surface area contributed by atoms with E-state index in [2.05, 4.69) is 20.3 Å². The van der Waals surface area contributed by atoms with Crippen LogP contribution in [-0.2, 0) is 6.42 Å². The number of amides is 1. The van der Waals surface area contributed by atoms with Crippen LogP contribution in [0.15, 0.2) is 61.2 Å². The molecule has 0 unspecified atom stereocenters. The van der Waals surface area contributed by atoms with Crippen molar-refractivity contribution < 1.29 is 9.53 Å². The number of likely N-dealkylation sites (N-methyl/N-ethyl adjacent to an activating group) is 1. The molecule has 0 bridgehead atoms. The molecule has 0 fully saturated rings. The van der Waals surface area contributed by atoms with E-state index in [9.17, 15) is 4.79 Å². The minimum absolute atomic E-state index is 0.153. The molecule has 0 aliphatic rings. The van der Waals surface area contributed by atoms with Crippen molar-refractivity contribution in [2.24, 2.45) is 0 Å². The van der Waals surface area contributed by atoms with E-state index in [4.69, 9.17) is 4.74 Å². The van der Waals surface area contributed by atoms with E-state index >= 15 is 0 Å².